The van der Waals surface area contributed by atoms with Gasteiger partial charge in [0.25, 0.3) is 5.91 Å². The Labute approximate surface area is 192 Å². The molecule has 0 bridgehead atoms. The van der Waals surface area contributed by atoms with E-state index in [1.54, 1.807) is 38.1 Å². The molecule has 0 spiro atoms. The summed E-state index contributed by atoms with van der Waals surface area (Å²) in [7, 11) is -3.72. The maximum Gasteiger partial charge on any atom is 0.257 e. The molecule has 0 atom stereocenters. The predicted octanol–water partition coefficient (Wildman–Crippen LogP) is 4.11. The number of sulfonamides is 1. The van der Waals surface area contributed by atoms with Gasteiger partial charge < -0.3 is 15.0 Å². The third-order valence-electron chi connectivity index (χ3n) is 5.09. The zero-order chi connectivity index (χ0) is 22.6. The van der Waals surface area contributed by atoms with Crippen molar-refractivity contribution in [3.63, 3.8) is 0 Å². The van der Waals surface area contributed by atoms with Crippen LogP contribution >= 0.6 is 23.2 Å². The highest BCUT2D eigenvalue weighted by Gasteiger charge is 2.26. The molecule has 2 aromatic carbocycles. The van der Waals surface area contributed by atoms with Crippen LogP contribution in [0.2, 0.25) is 10.0 Å². The van der Waals surface area contributed by atoms with Gasteiger partial charge in [-0.1, -0.05) is 37.0 Å². The van der Waals surface area contributed by atoms with E-state index in [4.69, 9.17) is 27.9 Å². The van der Waals surface area contributed by atoms with Gasteiger partial charge in [0.15, 0.2) is 0 Å². The van der Waals surface area contributed by atoms with Gasteiger partial charge in [-0.25, -0.2) is 8.42 Å². The van der Waals surface area contributed by atoms with Crippen molar-refractivity contribution in [3.8, 4) is 0 Å². The highest BCUT2D eigenvalue weighted by molar-refractivity contribution is 7.89. The smallest absolute Gasteiger partial charge is 0.257 e. The van der Waals surface area contributed by atoms with E-state index in [-0.39, 0.29) is 10.5 Å². The van der Waals surface area contributed by atoms with E-state index in [0.717, 1.165) is 0 Å². The number of carbonyl (C=O) groups excluding carboxylic acids is 1. The number of hydrogen-bond acceptors (Lipinski definition) is 5. The van der Waals surface area contributed by atoms with Crippen LogP contribution in [-0.2, 0) is 14.8 Å². The minimum Gasteiger partial charge on any atom is -0.378 e. The molecule has 10 heteroatoms. The quantitative estimate of drug-likeness (QED) is 0.637. The minimum absolute atomic E-state index is 0.0700. The average Bonchev–Trinajstić information content (AvgIpc) is 2.76. The number of anilines is 2. The molecule has 1 N–H and O–H groups in total. The van der Waals surface area contributed by atoms with E-state index in [1.807, 2.05) is 4.90 Å². The van der Waals surface area contributed by atoms with Crippen molar-refractivity contribution < 1.29 is 17.9 Å². The minimum atomic E-state index is -3.72. The maximum absolute atomic E-state index is 13.2. The zero-order valence-corrected chi connectivity index (χ0v) is 19.7. The van der Waals surface area contributed by atoms with E-state index in [0.29, 0.717) is 60.8 Å². The van der Waals surface area contributed by atoms with Gasteiger partial charge in [-0.05, 0) is 36.4 Å². The molecule has 1 heterocycles. The molecule has 1 fully saturated rings. The monoisotopic (exact) mass is 485 g/mol. The molecule has 1 amide bonds. The molecule has 0 aliphatic carbocycles. The molecule has 0 unspecified atom stereocenters. The van der Waals surface area contributed by atoms with Gasteiger partial charge in [0.1, 0.15) is 0 Å². The Morgan fingerprint density at radius 2 is 1.77 bits per heavy atom. The first-order chi connectivity index (χ1) is 14.8. The largest absolute Gasteiger partial charge is 0.378 e. The van der Waals surface area contributed by atoms with Gasteiger partial charge in [0, 0.05) is 36.9 Å². The van der Waals surface area contributed by atoms with E-state index < -0.39 is 15.9 Å². The topological polar surface area (TPSA) is 79.0 Å². The summed E-state index contributed by atoms with van der Waals surface area (Å²) < 4.78 is 32.8. The zero-order valence-electron chi connectivity index (χ0n) is 17.4. The lowest BCUT2D eigenvalue weighted by Gasteiger charge is -2.30. The molecule has 3 rings (SSSR count). The SMILES string of the molecule is CCN(CC)S(=O)(=O)c1ccc(N2CCOCC2)c(C(=O)Nc2ccc(Cl)cc2Cl)c1. The molecule has 1 aliphatic heterocycles. The van der Waals surface area contributed by atoms with Crippen LogP contribution in [0.15, 0.2) is 41.3 Å². The Kier molecular flexibility index (Phi) is 7.82. The fraction of sp³-hybridized carbons (Fsp3) is 0.381. The van der Waals surface area contributed by atoms with Crippen LogP contribution < -0.4 is 10.2 Å². The summed E-state index contributed by atoms with van der Waals surface area (Å²) in [6.07, 6.45) is 0. The summed E-state index contributed by atoms with van der Waals surface area (Å²) in [5, 5.41) is 3.51. The van der Waals surface area contributed by atoms with Crippen LogP contribution in [0.4, 0.5) is 11.4 Å². The van der Waals surface area contributed by atoms with Gasteiger partial charge in [0.2, 0.25) is 10.0 Å². The number of amides is 1. The second kappa shape index (κ2) is 10.2. The lowest BCUT2D eigenvalue weighted by atomic mass is 10.1. The van der Waals surface area contributed by atoms with Crippen molar-refractivity contribution in [1.29, 1.82) is 0 Å². The van der Waals surface area contributed by atoms with Crippen molar-refractivity contribution in [2.75, 3.05) is 49.6 Å². The normalized spacial score (nSPS) is 14.7. The van der Waals surface area contributed by atoms with Crippen LogP contribution in [0.3, 0.4) is 0 Å². The van der Waals surface area contributed by atoms with Gasteiger partial charge in [-0.2, -0.15) is 4.31 Å². The standard InChI is InChI=1S/C21H25Cl2N3O4S/c1-3-26(4-2)31(28,29)16-6-8-20(25-9-11-30-12-10-25)17(14-16)21(27)24-19-7-5-15(22)13-18(19)23/h5-8,13-14H,3-4,9-12H2,1-2H3,(H,24,27). The van der Waals surface area contributed by atoms with Crippen molar-refractivity contribution in [2.45, 2.75) is 18.7 Å². The molecule has 31 heavy (non-hydrogen) atoms. The first-order valence-corrected chi connectivity index (χ1v) is 12.2. The first kappa shape index (κ1) is 23.8. The van der Waals surface area contributed by atoms with E-state index >= 15 is 0 Å². The Bertz CT molecular complexity index is 1050. The van der Waals surface area contributed by atoms with Crippen LogP contribution in [0.5, 0.6) is 0 Å². The Hall–Kier alpha value is -1.84. The third kappa shape index (κ3) is 5.32. The van der Waals surface area contributed by atoms with Gasteiger partial charge in [-0.3, -0.25) is 4.79 Å². The summed E-state index contributed by atoms with van der Waals surface area (Å²) in [6, 6.07) is 9.41. The lowest BCUT2D eigenvalue weighted by Crippen LogP contribution is -2.37. The molecular weight excluding hydrogens is 461 g/mol. The van der Waals surface area contributed by atoms with E-state index in [1.165, 1.54) is 16.4 Å². The fourth-order valence-corrected chi connectivity index (χ4v) is 5.37. The third-order valence-corrected chi connectivity index (χ3v) is 7.68. The average molecular weight is 486 g/mol. The predicted molar refractivity (Wildman–Crippen MR) is 124 cm³/mol. The highest BCUT2D eigenvalue weighted by atomic mass is 35.5. The van der Waals surface area contributed by atoms with Gasteiger partial charge >= 0.3 is 0 Å². The van der Waals surface area contributed by atoms with Crippen LogP contribution in [0, 0.1) is 0 Å². The Morgan fingerprint density at radius 3 is 2.39 bits per heavy atom. The van der Waals surface area contributed by atoms with Crippen LogP contribution in [0.1, 0.15) is 24.2 Å². The van der Waals surface area contributed by atoms with Crippen LogP contribution in [-0.4, -0.2) is 58.0 Å². The number of carbonyl (C=O) groups is 1. The summed E-state index contributed by atoms with van der Waals surface area (Å²) in [5.41, 5.74) is 1.28. The van der Waals surface area contributed by atoms with E-state index in [9.17, 15) is 13.2 Å². The summed E-state index contributed by atoms with van der Waals surface area (Å²) >= 11 is 12.1. The molecule has 0 radical (unpaired) electrons. The second-order valence-corrected chi connectivity index (χ2v) is 9.73. The highest BCUT2D eigenvalue weighted by Crippen LogP contribution is 2.30. The van der Waals surface area contributed by atoms with Crippen LogP contribution in [0.25, 0.3) is 0 Å². The molecular formula is C21H25Cl2N3O4S. The molecule has 7 nitrogen and oxygen atoms in total. The Morgan fingerprint density at radius 1 is 1.10 bits per heavy atom. The van der Waals surface area contributed by atoms with E-state index in [2.05, 4.69) is 5.32 Å². The van der Waals surface area contributed by atoms with Crippen molar-refractivity contribution in [3.05, 3.63) is 52.0 Å². The molecule has 2 aromatic rings. The first-order valence-electron chi connectivity index (χ1n) is 10.0. The second-order valence-electron chi connectivity index (χ2n) is 6.95. The summed E-state index contributed by atoms with van der Waals surface area (Å²) in [6.45, 7) is 6.50. The van der Waals surface area contributed by atoms with Crippen molar-refractivity contribution >= 4 is 50.5 Å². The van der Waals surface area contributed by atoms with Crippen molar-refractivity contribution in [1.82, 2.24) is 4.31 Å². The molecule has 168 valence electrons. The van der Waals surface area contributed by atoms with Gasteiger partial charge in [-0.15, -0.1) is 0 Å². The number of nitrogens with zero attached hydrogens (tertiary/aromatic N) is 2. The fourth-order valence-electron chi connectivity index (χ4n) is 3.43. The number of halogens is 2. The summed E-state index contributed by atoms with van der Waals surface area (Å²) in [5.74, 6) is -0.456. The Balaban J connectivity index is 2.04. The number of morpholine rings is 1. The number of benzene rings is 2. The number of hydrogen-bond donors (Lipinski definition) is 1. The maximum atomic E-state index is 13.2. The number of nitrogens with one attached hydrogen (secondary N) is 1. The molecule has 0 saturated carbocycles. The molecule has 1 saturated heterocycles. The van der Waals surface area contributed by atoms with Gasteiger partial charge in [0.05, 0.1) is 34.4 Å². The summed E-state index contributed by atoms with van der Waals surface area (Å²) in [4.78, 5) is 15.3. The molecule has 1 aliphatic rings. The molecule has 0 aromatic heterocycles. The number of rotatable bonds is 7. The number of ether oxygens (including phenoxy) is 1. The van der Waals surface area contributed by atoms with Crippen molar-refractivity contribution in [2.24, 2.45) is 0 Å². The lowest BCUT2D eigenvalue weighted by molar-refractivity contribution is 0.102.